The SMILES string of the molecule is CCNCCCC(C)N1CC=C(C(C)(C)C)CC1. The van der Waals surface area contributed by atoms with Crippen molar-refractivity contribution in [3.63, 3.8) is 0 Å². The Bertz CT molecular complexity index is 263. The summed E-state index contributed by atoms with van der Waals surface area (Å²) in [6.45, 7) is 16.2. The van der Waals surface area contributed by atoms with Crippen LogP contribution in [0.3, 0.4) is 0 Å². The molecule has 0 aromatic carbocycles. The molecule has 1 rings (SSSR count). The predicted octanol–water partition coefficient (Wildman–Crippen LogP) is 3.44. The fraction of sp³-hybridized carbons (Fsp3) is 0.875. The first-order valence-corrected chi connectivity index (χ1v) is 7.59. The normalized spacial score (nSPS) is 19.7. The van der Waals surface area contributed by atoms with Gasteiger partial charge >= 0.3 is 0 Å². The topological polar surface area (TPSA) is 15.3 Å². The highest BCUT2D eigenvalue weighted by molar-refractivity contribution is 5.14. The standard InChI is InChI=1S/C16H32N2/c1-6-17-11-7-8-14(2)18-12-9-15(10-13-18)16(3,4)5/h9,14,17H,6-8,10-13H2,1-5H3. The third kappa shape index (κ3) is 5.11. The van der Waals surface area contributed by atoms with Crippen molar-refractivity contribution in [3.8, 4) is 0 Å². The first-order valence-electron chi connectivity index (χ1n) is 7.59. The van der Waals surface area contributed by atoms with Gasteiger partial charge in [-0.2, -0.15) is 0 Å². The minimum absolute atomic E-state index is 0.361. The zero-order valence-corrected chi connectivity index (χ0v) is 13.1. The molecule has 0 saturated heterocycles. The van der Waals surface area contributed by atoms with Gasteiger partial charge in [0, 0.05) is 19.1 Å². The molecule has 1 aliphatic heterocycles. The van der Waals surface area contributed by atoms with E-state index in [1.165, 1.54) is 25.8 Å². The van der Waals surface area contributed by atoms with Gasteiger partial charge in [0.15, 0.2) is 0 Å². The van der Waals surface area contributed by atoms with Crippen LogP contribution >= 0.6 is 0 Å². The summed E-state index contributed by atoms with van der Waals surface area (Å²) in [4.78, 5) is 2.63. The van der Waals surface area contributed by atoms with Crippen LogP contribution in [-0.2, 0) is 0 Å². The number of hydrogen-bond acceptors (Lipinski definition) is 2. The Morgan fingerprint density at radius 2 is 2.11 bits per heavy atom. The molecular formula is C16H32N2. The Balaban J connectivity index is 2.31. The van der Waals surface area contributed by atoms with Crippen LogP contribution in [0.5, 0.6) is 0 Å². The van der Waals surface area contributed by atoms with Crippen molar-refractivity contribution in [1.82, 2.24) is 10.2 Å². The van der Waals surface area contributed by atoms with E-state index in [0.29, 0.717) is 5.41 Å². The number of rotatable bonds is 6. The predicted molar refractivity (Wildman–Crippen MR) is 81.0 cm³/mol. The van der Waals surface area contributed by atoms with Crippen molar-refractivity contribution < 1.29 is 0 Å². The van der Waals surface area contributed by atoms with Gasteiger partial charge in [0.1, 0.15) is 0 Å². The summed E-state index contributed by atoms with van der Waals surface area (Å²) in [6.07, 6.45) is 6.32. The maximum absolute atomic E-state index is 3.40. The van der Waals surface area contributed by atoms with Gasteiger partial charge in [-0.3, -0.25) is 4.90 Å². The fourth-order valence-corrected chi connectivity index (χ4v) is 2.65. The summed E-state index contributed by atoms with van der Waals surface area (Å²) < 4.78 is 0. The van der Waals surface area contributed by atoms with Crippen molar-refractivity contribution in [1.29, 1.82) is 0 Å². The van der Waals surface area contributed by atoms with Gasteiger partial charge in [0.05, 0.1) is 0 Å². The number of nitrogens with zero attached hydrogens (tertiary/aromatic N) is 1. The van der Waals surface area contributed by atoms with Crippen molar-refractivity contribution in [3.05, 3.63) is 11.6 Å². The zero-order chi connectivity index (χ0) is 13.6. The lowest BCUT2D eigenvalue weighted by molar-refractivity contribution is 0.204. The monoisotopic (exact) mass is 252 g/mol. The van der Waals surface area contributed by atoms with Gasteiger partial charge < -0.3 is 5.32 Å². The lowest BCUT2D eigenvalue weighted by atomic mass is 9.82. The van der Waals surface area contributed by atoms with Crippen LogP contribution in [0, 0.1) is 5.41 Å². The first-order chi connectivity index (χ1) is 8.45. The Hall–Kier alpha value is -0.340. The Labute approximate surface area is 114 Å². The van der Waals surface area contributed by atoms with Crippen LogP contribution in [0.4, 0.5) is 0 Å². The van der Waals surface area contributed by atoms with Crippen molar-refractivity contribution in [2.75, 3.05) is 26.2 Å². The molecular weight excluding hydrogens is 220 g/mol. The van der Waals surface area contributed by atoms with E-state index in [9.17, 15) is 0 Å². The second-order valence-electron chi connectivity index (χ2n) is 6.57. The maximum atomic E-state index is 3.40. The lowest BCUT2D eigenvalue weighted by Gasteiger charge is -2.35. The van der Waals surface area contributed by atoms with Crippen molar-refractivity contribution >= 4 is 0 Å². The fourth-order valence-electron chi connectivity index (χ4n) is 2.65. The van der Waals surface area contributed by atoms with Crippen LogP contribution in [0.1, 0.15) is 53.9 Å². The summed E-state index contributed by atoms with van der Waals surface area (Å²) in [6, 6.07) is 0.724. The molecule has 0 bridgehead atoms. The molecule has 2 heteroatoms. The van der Waals surface area contributed by atoms with E-state index in [0.717, 1.165) is 25.7 Å². The maximum Gasteiger partial charge on any atom is 0.0168 e. The van der Waals surface area contributed by atoms with Crippen LogP contribution in [-0.4, -0.2) is 37.1 Å². The van der Waals surface area contributed by atoms with Crippen LogP contribution in [0.25, 0.3) is 0 Å². The van der Waals surface area contributed by atoms with Gasteiger partial charge in [-0.15, -0.1) is 0 Å². The van der Waals surface area contributed by atoms with Crippen molar-refractivity contribution in [2.45, 2.75) is 59.9 Å². The second kappa shape index (κ2) is 7.30. The summed E-state index contributed by atoms with van der Waals surface area (Å²) in [7, 11) is 0. The highest BCUT2D eigenvalue weighted by atomic mass is 15.1. The number of nitrogens with one attached hydrogen (secondary N) is 1. The van der Waals surface area contributed by atoms with Gasteiger partial charge in [-0.05, 0) is 44.7 Å². The first kappa shape index (κ1) is 15.7. The molecule has 1 atom stereocenters. The molecule has 1 heterocycles. The molecule has 1 unspecified atom stereocenters. The Morgan fingerprint density at radius 3 is 2.61 bits per heavy atom. The molecule has 0 aliphatic carbocycles. The van der Waals surface area contributed by atoms with Gasteiger partial charge in [0.25, 0.3) is 0 Å². The minimum Gasteiger partial charge on any atom is -0.317 e. The molecule has 0 spiro atoms. The van der Waals surface area contributed by atoms with E-state index in [1.807, 2.05) is 0 Å². The molecule has 0 aromatic heterocycles. The Kier molecular flexibility index (Phi) is 6.37. The third-order valence-corrected chi connectivity index (χ3v) is 4.05. The smallest absolute Gasteiger partial charge is 0.0168 e. The average Bonchev–Trinajstić information content (AvgIpc) is 2.33. The average molecular weight is 252 g/mol. The van der Waals surface area contributed by atoms with Gasteiger partial charge in [-0.25, -0.2) is 0 Å². The highest BCUT2D eigenvalue weighted by Crippen LogP contribution is 2.30. The van der Waals surface area contributed by atoms with Crippen LogP contribution in [0.15, 0.2) is 11.6 Å². The highest BCUT2D eigenvalue weighted by Gasteiger charge is 2.23. The van der Waals surface area contributed by atoms with E-state index in [4.69, 9.17) is 0 Å². The van der Waals surface area contributed by atoms with Gasteiger partial charge in [-0.1, -0.05) is 39.3 Å². The van der Waals surface area contributed by atoms with Gasteiger partial charge in [0.2, 0.25) is 0 Å². The molecule has 18 heavy (non-hydrogen) atoms. The van der Waals surface area contributed by atoms with E-state index < -0.39 is 0 Å². The van der Waals surface area contributed by atoms with E-state index in [1.54, 1.807) is 5.57 Å². The van der Waals surface area contributed by atoms with Crippen LogP contribution < -0.4 is 5.32 Å². The molecule has 1 aliphatic rings. The van der Waals surface area contributed by atoms with E-state index in [-0.39, 0.29) is 0 Å². The lowest BCUT2D eigenvalue weighted by Crippen LogP contribution is -2.38. The second-order valence-corrected chi connectivity index (χ2v) is 6.57. The molecule has 0 fully saturated rings. The summed E-state index contributed by atoms with van der Waals surface area (Å²) in [5.41, 5.74) is 2.00. The molecule has 106 valence electrons. The molecule has 0 aromatic rings. The third-order valence-electron chi connectivity index (χ3n) is 4.05. The van der Waals surface area contributed by atoms with E-state index >= 15 is 0 Å². The summed E-state index contributed by atoms with van der Waals surface area (Å²) in [5.74, 6) is 0. The van der Waals surface area contributed by atoms with E-state index in [2.05, 4.69) is 50.9 Å². The molecule has 0 amide bonds. The van der Waals surface area contributed by atoms with Crippen molar-refractivity contribution in [2.24, 2.45) is 5.41 Å². The quantitative estimate of drug-likeness (QED) is 0.575. The molecule has 2 nitrogen and oxygen atoms in total. The molecule has 0 saturated carbocycles. The largest absolute Gasteiger partial charge is 0.317 e. The molecule has 0 radical (unpaired) electrons. The summed E-state index contributed by atoms with van der Waals surface area (Å²) in [5, 5.41) is 3.40. The zero-order valence-electron chi connectivity index (χ0n) is 13.1. The van der Waals surface area contributed by atoms with Crippen LogP contribution in [0.2, 0.25) is 0 Å². The minimum atomic E-state index is 0.361. The Morgan fingerprint density at radius 1 is 1.39 bits per heavy atom. The summed E-state index contributed by atoms with van der Waals surface area (Å²) >= 11 is 0. The molecule has 1 N–H and O–H groups in total. The number of hydrogen-bond donors (Lipinski definition) is 1.